The topological polar surface area (TPSA) is 67.4 Å². The van der Waals surface area contributed by atoms with Crippen LogP contribution in [0.2, 0.25) is 0 Å². The summed E-state index contributed by atoms with van der Waals surface area (Å²) in [4.78, 5) is 23.6. The Kier molecular flexibility index (Phi) is 4.61. The molecule has 5 heteroatoms. The molecule has 2 aliphatic rings. The number of carbonyl (C=O) groups excluding carboxylic acids is 2. The Morgan fingerprint density at radius 2 is 1.92 bits per heavy atom. The lowest BCUT2D eigenvalue weighted by molar-refractivity contribution is -0.123. The highest BCUT2D eigenvalue weighted by atomic mass is 16.5. The van der Waals surface area contributed by atoms with Crippen molar-refractivity contribution in [3.8, 4) is 5.75 Å². The first-order valence-corrected chi connectivity index (χ1v) is 9.09. The van der Waals surface area contributed by atoms with Crippen molar-refractivity contribution in [2.45, 2.75) is 38.1 Å². The van der Waals surface area contributed by atoms with Gasteiger partial charge in [0.15, 0.2) is 6.61 Å². The maximum absolute atomic E-state index is 12.2. The third-order valence-corrected chi connectivity index (χ3v) is 5.05. The van der Waals surface area contributed by atoms with Gasteiger partial charge in [-0.2, -0.15) is 0 Å². The van der Waals surface area contributed by atoms with Crippen molar-refractivity contribution in [1.82, 2.24) is 5.32 Å². The van der Waals surface area contributed by atoms with Gasteiger partial charge in [0.25, 0.3) is 5.91 Å². The summed E-state index contributed by atoms with van der Waals surface area (Å²) in [5, 5.41) is 5.92. The number of hydrogen-bond acceptors (Lipinski definition) is 3. The highest BCUT2D eigenvalue weighted by molar-refractivity contribution is 5.94. The molecule has 0 radical (unpaired) electrons. The van der Waals surface area contributed by atoms with Gasteiger partial charge >= 0.3 is 0 Å². The van der Waals surface area contributed by atoms with Gasteiger partial charge in [-0.05, 0) is 60.6 Å². The molecule has 4 rings (SSSR count). The van der Waals surface area contributed by atoms with Crippen molar-refractivity contribution in [3.63, 3.8) is 0 Å². The number of ether oxygens (including phenoxy) is 1. The fourth-order valence-corrected chi connectivity index (χ4v) is 3.69. The average molecular weight is 350 g/mol. The number of aryl methyl sites for hydroxylation is 2. The van der Waals surface area contributed by atoms with Gasteiger partial charge in [0.1, 0.15) is 5.75 Å². The zero-order valence-electron chi connectivity index (χ0n) is 14.6. The van der Waals surface area contributed by atoms with Crippen molar-refractivity contribution >= 4 is 17.5 Å². The summed E-state index contributed by atoms with van der Waals surface area (Å²) >= 11 is 0. The van der Waals surface area contributed by atoms with Gasteiger partial charge in [0.05, 0.1) is 0 Å². The van der Waals surface area contributed by atoms with Crippen LogP contribution in [0.15, 0.2) is 42.5 Å². The Labute approximate surface area is 152 Å². The van der Waals surface area contributed by atoms with Crippen LogP contribution in [0.3, 0.4) is 0 Å². The van der Waals surface area contributed by atoms with Gasteiger partial charge in [-0.25, -0.2) is 0 Å². The van der Waals surface area contributed by atoms with E-state index in [4.69, 9.17) is 4.74 Å². The molecular weight excluding hydrogens is 328 g/mol. The summed E-state index contributed by atoms with van der Waals surface area (Å²) in [7, 11) is 0. The highest BCUT2D eigenvalue weighted by Crippen LogP contribution is 2.27. The van der Waals surface area contributed by atoms with Gasteiger partial charge < -0.3 is 15.4 Å². The third kappa shape index (κ3) is 3.72. The predicted molar refractivity (Wildman–Crippen MR) is 99.3 cm³/mol. The number of benzene rings is 2. The van der Waals surface area contributed by atoms with E-state index in [9.17, 15) is 9.59 Å². The summed E-state index contributed by atoms with van der Waals surface area (Å²) in [6.45, 7) is 0.00327. The van der Waals surface area contributed by atoms with Crippen LogP contribution in [0.5, 0.6) is 5.75 Å². The quantitative estimate of drug-likeness (QED) is 0.891. The standard InChI is InChI=1S/C21H22N2O3/c24-20-10-6-16-12-18(8-9-19(16)23-20)26-13-21(25)22-17-7-5-14-3-1-2-4-15(14)11-17/h1-4,8-9,12,17H,5-7,10-11,13H2,(H,22,25)(H,23,24). The molecule has 0 bridgehead atoms. The number of hydrogen-bond donors (Lipinski definition) is 2. The number of amides is 2. The monoisotopic (exact) mass is 350 g/mol. The summed E-state index contributed by atoms with van der Waals surface area (Å²) in [5.74, 6) is 0.601. The molecule has 2 amide bonds. The summed E-state index contributed by atoms with van der Waals surface area (Å²) in [6, 6.07) is 14.1. The van der Waals surface area contributed by atoms with Crippen LogP contribution < -0.4 is 15.4 Å². The second-order valence-electron chi connectivity index (χ2n) is 6.93. The normalized spacial score (nSPS) is 18.3. The van der Waals surface area contributed by atoms with E-state index in [2.05, 4.69) is 28.8 Å². The fourth-order valence-electron chi connectivity index (χ4n) is 3.69. The first-order valence-electron chi connectivity index (χ1n) is 9.09. The van der Waals surface area contributed by atoms with E-state index in [1.165, 1.54) is 11.1 Å². The van der Waals surface area contributed by atoms with E-state index < -0.39 is 0 Å². The number of fused-ring (bicyclic) bond motifs is 2. The number of carbonyl (C=O) groups is 2. The maximum atomic E-state index is 12.2. The molecule has 1 unspecified atom stereocenters. The minimum Gasteiger partial charge on any atom is -0.484 e. The van der Waals surface area contributed by atoms with Gasteiger partial charge in [-0.15, -0.1) is 0 Å². The first kappa shape index (κ1) is 16.6. The Balaban J connectivity index is 1.30. The molecule has 2 aromatic carbocycles. The van der Waals surface area contributed by atoms with Crippen molar-refractivity contribution in [3.05, 3.63) is 59.2 Å². The highest BCUT2D eigenvalue weighted by Gasteiger charge is 2.20. The van der Waals surface area contributed by atoms with E-state index >= 15 is 0 Å². The average Bonchev–Trinajstić information content (AvgIpc) is 2.66. The first-order chi connectivity index (χ1) is 12.7. The van der Waals surface area contributed by atoms with E-state index in [1.54, 1.807) is 6.07 Å². The van der Waals surface area contributed by atoms with E-state index in [1.807, 2.05) is 18.2 Å². The van der Waals surface area contributed by atoms with Gasteiger partial charge in [-0.3, -0.25) is 9.59 Å². The second kappa shape index (κ2) is 7.20. The zero-order valence-corrected chi connectivity index (χ0v) is 14.6. The molecule has 0 spiro atoms. The molecule has 2 N–H and O–H groups in total. The lowest BCUT2D eigenvalue weighted by Gasteiger charge is -2.25. The van der Waals surface area contributed by atoms with Crippen LogP contribution in [0.4, 0.5) is 5.69 Å². The van der Waals surface area contributed by atoms with Gasteiger partial charge in [0.2, 0.25) is 5.91 Å². The Hall–Kier alpha value is -2.82. The Morgan fingerprint density at radius 1 is 1.08 bits per heavy atom. The number of rotatable bonds is 4. The molecule has 2 aromatic rings. The minimum absolute atomic E-state index is 0.00327. The summed E-state index contributed by atoms with van der Waals surface area (Å²) in [6.07, 6.45) is 4.02. The van der Waals surface area contributed by atoms with Crippen molar-refractivity contribution < 1.29 is 14.3 Å². The van der Waals surface area contributed by atoms with Gasteiger partial charge in [0, 0.05) is 18.2 Å². The molecule has 1 atom stereocenters. The molecule has 1 heterocycles. The molecule has 0 aromatic heterocycles. The molecule has 1 aliphatic heterocycles. The lowest BCUT2D eigenvalue weighted by Crippen LogP contribution is -2.41. The van der Waals surface area contributed by atoms with Crippen molar-refractivity contribution in [2.24, 2.45) is 0 Å². The molecule has 0 saturated heterocycles. The summed E-state index contributed by atoms with van der Waals surface area (Å²) < 4.78 is 5.65. The van der Waals surface area contributed by atoms with Crippen LogP contribution in [-0.4, -0.2) is 24.5 Å². The van der Waals surface area contributed by atoms with Crippen LogP contribution in [0.1, 0.15) is 29.5 Å². The predicted octanol–water partition coefficient (Wildman–Crippen LogP) is 2.62. The van der Waals surface area contributed by atoms with E-state index in [-0.39, 0.29) is 24.5 Å². The minimum atomic E-state index is -0.0968. The van der Waals surface area contributed by atoms with Crippen LogP contribution >= 0.6 is 0 Å². The van der Waals surface area contributed by atoms with Crippen LogP contribution in [0, 0.1) is 0 Å². The zero-order chi connectivity index (χ0) is 17.9. The molecule has 26 heavy (non-hydrogen) atoms. The van der Waals surface area contributed by atoms with Crippen molar-refractivity contribution in [2.75, 3.05) is 11.9 Å². The maximum Gasteiger partial charge on any atom is 0.258 e. The van der Waals surface area contributed by atoms with Gasteiger partial charge in [-0.1, -0.05) is 24.3 Å². The number of nitrogens with one attached hydrogen (secondary N) is 2. The van der Waals surface area contributed by atoms with Crippen molar-refractivity contribution in [1.29, 1.82) is 0 Å². The third-order valence-electron chi connectivity index (χ3n) is 5.05. The SMILES string of the molecule is O=C1CCc2cc(OCC(=O)NC3CCc4ccccc4C3)ccc2N1. The lowest BCUT2D eigenvalue weighted by atomic mass is 9.88. The molecule has 0 saturated carbocycles. The Bertz CT molecular complexity index is 847. The largest absolute Gasteiger partial charge is 0.484 e. The Morgan fingerprint density at radius 3 is 2.81 bits per heavy atom. The second-order valence-corrected chi connectivity index (χ2v) is 6.93. The van der Waals surface area contributed by atoms with E-state index in [0.29, 0.717) is 18.6 Å². The fraction of sp³-hybridized carbons (Fsp3) is 0.333. The molecule has 5 nitrogen and oxygen atoms in total. The number of anilines is 1. The molecule has 134 valence electrons. The summed E-state index contributed by atoms with van der Waals surface area (Å²) in [5.41, 5.74) is 4.59. The molecule has 0 fully saturated rings. The van der Waals surface area contributed by atoms with Crippen LogP contribution in [-0.2, 0) is 28.9 Å². The molecular formula is C21H22N2O3. The van der Waals surface area contributed by atoms with E-state index in [0.717, 1.165) is 30.5 Å². The smallest absolute Gasteiger partial charge is 0.258 e. The van der Waals surface area contributed by atoms with Crippen LogP contribution in [0.25, 0.3) is 0 Å². The molecule has 1 aliphatic carbocycles.